The molecule has 0 saturated carbocycles. The first kappa shape index (κ1) is 9.95. The second-order valence-electron chi connectivity index (χ2n) is 2.95. The van der Waals surface area contributed by atoms with Crippen LogP contribution in [0.2, 0.25) is 0 Å². The van der Waals surface area contributed by atoms with Gasteiger partial charge in [0.1, 0.15) is 11.6 Å². The third-order valence-corrected chi connectivity index (χ3v) is 2.05. The van der Waals surface area contributed by atoms with E-state index in [1.54, 1.807) is 0 Å². The maximum Gasteiger partial charge on any atom is 0.129 e. The molecular formula is C9H13FN2O. The molecule has 13 heavy (non-hydrogen) atoms. The molecular weight excluding hydrogens is 171 g/mol. The highest BCUT2D eigenvalue weighted by atomic mass is 19.1. The summed E-state index contributed by atoms with van der Waals surface area (Å²) >= 11 is 0. The summed E-state index contributed by atoms with van der Waals surface area (Å²) in [5, 5.41) is 9.50. The zero-order valence-electron chi connectivity index (χ0n) is 7.42. The number of halogens is 1. The number of rotatable bonds is 2. The van der Waals surface area contributed by atoms with Gasteiger partial charge in [-0.3, -0.25) is 0 Å². The molecule has 0 aromatic heterocycles. The van der Waals surface area contributed by atoms with Crippen molar-refractivity contribution in [3.8, 4) is 5.75 Å². The van der Waals surface area contributed by atoms with Gasteiger partial charge in [0.15, 0.2) is 0 Å². The second kappa shape index (κ2) is 3.72. The van der Waals surface area contributed by atoms with Crippen LogP contribution in [0.1, 0.15) is 17.2 Å². The normalized spacial score (nSPS) is 12.9. The van der Waals surface area contributed by atoms with Crippen LogP contribution in [-0.4, -0.2) is 11.7 Å². The number of phenols is 1. The van der Waals surface area contributed by atoms with Crippen molar-refractivity contribution in [1.82, 2.24) is 0 Å². The lowest BCUT2D eigenvalue weighted by Crippen LogP contribution is -2.21. The molecule has 0 heterocycles. The minimum absolute atomic E-state index is 0.0991. The highest BCUT2D eigenvalue weighted by Crippen LogP contribution is 2.27. The Morgan fingerprint density at radius 1 is 1.54 bits per heavy atom. The zero-order valence-corrected chi connectivity index (χ0v) is 7.42. The summed E-state index contributed by atoms with van der Waals surface area (Å²) in [6.45, 7) is 1.72. The van der Waals surface area contributed by atoms with E-state index in [2.05, 4.69) is 0 Å². The lowest BCUT2D eigenvalue weighted by molar-refractivity contribution is 0.450. The van der Waals surface area contributed by atoms with Crippen molar-refractivity contribution in [2.24, 2.45) is 11.5 Å². The van der Waals surface area contributed by atoms with Gasteiger partial charge in [0.25, 0.3) is 0 Å². The number of hydrogen-bond donors (Lipinski definition) is 3. The van der Waals surface area contributed by atoms with Crippen molar-refractivity contribution < 1.29 is 9.50 Å². The van der Waals surface area contributed by atoms with Gasteiger partial charge < -0.3 is 16.6 Å². The SMILES string of the molecule is Cc1c(F)ccc([C@@H](N)CN)c1O. The van der Waals surface area contributed by atoms with E-state index in [0.717, 1.165) is 0 Å². The Labute approximate surface area is 76.2 Å². The first-order valence-electron chi connectivity index (χ1n) is 4.01. The third-order valence-electron chi connectivity index (χ3n) is 2.05. The molecule has 0 unspecified atom stereocenters. The minimum Gasteiger partial charge on any atom is -0.507 e. The Morgan fingerprint density at radius 2 is 2.15 bits per heavy atom. The van der Waals surface area contributed by atoms with Crippen molar-refractivity contribution in [3.63, 3.8) is 0 Å². The fraction of sp³-hybridized carbons (Fsp3) is 0.333. The molecule has 1 rings (SSSR count). The third kappa shape index (κ3) is 1.79. The van der Waals surface area contributed by atoms with Crippen molar-refractivity contribution >= 4 is 0 Å². The van der Waals surface area contributed by atoms with Crippen molar-refractivity contribution in [2.75, 3.05) is 6.54 Å². The molecule has 4 heteroatoms. The van der Waals surface area contributed by atoms with Crippen molar-refractivity contribution in [2.45, 2.75) is 13.0 Å². The Kier molecular flexibility index (Phi) is 2.85. The number of aromatic hydroxyl groups is 1. The van der Waals surface area contributed by atoms with Crippen LogP contribution in [-0.2, 0) is 0 Å². The molecule has 0 saturated heterocycles. The molecule has 0 aliphatic carbocycles. The van der Waals surface area contributed by atoms with Crippen molar-refractivity contribution in [3.05, 3.63) is 29.1 Å². The van der Waals surface area contributed by atoms with Gasteiger partial charge in [-0.05, 0) is 13.0 Å². The fourth-order valence-electron chi connectivity index (χ4n) is 1.12. The quantitative estimate of drug-likeness (QED) is 0.636. The molecule has 0 fully saturated rings. The van der Waals surface area contributed by atoms with E-state index < -0.39 is 11.9 Å². The molecule has 0 radical (unpaired) electrons. The van der Waals surface area contributed by atoms with E-state index in [4.69, 9.17) is 11.5 Å². The summed E-state index contributed by atoms with van der Waals surface area (Å²) < 4.78 is 12.9. The molecule has 0 amide bonds. The van der Waals surface area contributed by atoms with Crippen LogP contribution >= 0.6 is 0 Å². The van der Waals surface area contributed by atoms with E-state index in [1.165, 1.54) is 19.1 Å². The summed E-state index contributed by atoms with van der Waals surface area (Å²) in [5.41, 5.74) is 11.6. The maximum atomic E-state index is 12.9. The predicted molar refractivity (Wildman–Crippen MR) is 48.8 cm³/mol. The van der Waals surface area contributed by atoms with Gasteiger partial charge in [0.2, 0.25) is 0 Å². The van der Waals surface area contributed by atoms with Crippen LogP contribution in [0.5, 0.6) is 5.75 Å². The summed E-state index contributed by atoms with van der Waals surface area (Å²) in [6, 6.07) is 2.29. The number of nitrogens with two attached hydrogens (primary N) is 2. The second-order valence-corrected chi connectivity index (χ2v) is 2.95. The van der Waals surface area contributed by atoms with Crippen LogP contribution < -0.4 is 11.5 Å². The van der Waals surface area contributed by atoms with Crippen LogP contribution in [0.25, 0.3) is 0 Å². The Balaban J connectivity index is 3.18. The van der Waals surface area contributed by atoms with E-state index in [0.29, 0.717) is 5.56 Å². The van der Waals surface area contributed by atoms with Gasteiger partial charge in [-0.2, -0.15) is 0 Å². The molecule has 1 aromatic carbocycles. The number of benzene rings is 1. The van der Waals surface area contributed by atoms with Gasteiger partial charge in [-0.15, -0.1) is 0 Å². The molecule has 1 aromatic rings. The van der Waals surface area contributed by atoms with Gasteiger partial charge in [-0.1, -0.05) is 6.07 Å². The van der Waals surface area contributed by atoms with Gasteiger partial charge in [-0.25, -0.2) is 4.39 Å². The smallest absolute Gasteiger partial charge is 0.129 e. The molecule has 5 N–H and O–H groups in total. The van der Waals surface area contributed by atoms with Crippen LogP contribution in [0.3, 0.4) is 0 Å². The summed E-state index contributed by atoms with van der Waals surface area (Å²) in [7, 11) is 0. The monoisotopic (exact) mass is 184 g/mol. The highest BCUT2D eigenvalue weighted by molar-refractivity contribution is 5.42. The lowest BCUT2D eigenvalue weighted by Gasteiger charge is -2.12. The maximum absolute atomic E-state index is 12.9. The Hall–Kier alpha value is -1.13. The van der Waals surface area contributed by atoms with E-state index in [1.807, 2.05) is 0 Å². The van der Waals surface area contributed by atoms with E-state index in [-0.39, 0.29) is 17.9 Å². The van der Waals surface area contributed by atoms with Gasteiger partial charge in [0.05, 0.1) is 0 Å². The topological polar surface area (TPSA) is 72.3 Å². The Bertz CT molecular complexity index is 315. The summed E-state index contributed by atoms with van der Waals surface area (Å²) in [4.78, 5) is 0. The molecule has 3 nitrogen and oxygen atoms in total. The average Bonchev–Trinajstić information content (AvgIpc) is 2.13. The fourth-order valence-corrected chi connectivity index (χ4v) is 1.12. The molecule has 0 aliphatic heterocycles. The Morgan fingerprint density at radius 3 is 2.69 bits per heavy atom. The van der Waals surface area contributed by atoms with E-state index in [9.17, 15) is 9.50 Å². The molecule has 1 atom stereocenters. The summed E-state index contributed by atoms with van der Waals surface area (Å²) in [5.74, 6) is -0.538. The first-order chi connectivity index (χ1) is 6.07. The molecule has 0 bridgehead atoms. The lowest BCUT2D eigenvalue weighted by atomic mass is 10.0. The predicted octanol–water partition coefficient (Wildman–Crippen LogP) is 0.798. The average molecular weight is 184 g/mol. The largest absolute Gasteiger partial charge is 0.507 e. The molecule has 0 aliphatic rings. The number of phenolic OH excluding ortho intramolecular Hbond substituents is 1. The first-order valence-corrected chi connectivity index (χ1v) is 4.01. The van der Waals surface area contributed by atoms with Crippen LogP contribution in [0.4, 0.5) is 4.39 Å². The highest BCUT2D eigenvalue weighted by Gasteiger charge is 2.13. The minimum atomic E-state index is -0.445. The standard InChI is InChI=1S/C9H13FN2O/c1-5-7(10)3-2-6(9(5)13)8(12)4-11/h2-3,8,13H,4,11-12H2,1H3/t8-/m0/s1. The number of hydrogen-bond acceptors (Lipinski definition) is 3. The van der Waals surface area contributed by atoms with Gasteiger partial charge >= 0.3 is 0 Å². The molecule has 72 valence electrons. The molecule has 0 spiro atoms. The van der Waals surface area contributed by atoms with E-state index >= 15 is 0 Å². The van der Waals surface area contributed by atoms with Crippen LogP contribution in [0, 0.1) is 12.7 Å². The zero-order chi connectivity index (χ0) is 10.0. The van der Waals surface area contributed by atoms with Crippen LogP contribution in [0.15, 0.2) is 12.1 Å². The summed E-state index contributed by atoms with van der Waals surface area (Å²) in [6.07, 6.45) is 0. The van der Waals surface area contributed by atoms with Gasteiger partial charge in [0, 0.05) is 23.7 Å². The van der Waals surface area contributed by atoms with Crippen molar-refractivity contribution in [1.29, 1.82) is 0 Å².